The van der Waals surface area contributed by atoms with Crippen molar-refractivity contribution >= 4 is 5.91 Å². The van der Waals surface area contributed by atoms with Gasteiger partial charge in [0.25, 0.3) is 5.91 Å². The average Bonchev–Trinajstić information content (AvgIpc) is 2.49. The lowest BCUT2D eigenvalue weighted by Crippen LogP contribution is -2.26. The van der Waals surface area contributed by atoms with Crippen molar-refractivity contribution in [3.8, 4) is 5.75 Å². The first-order valence-corrected chi connectivity index (χ1v) is 6.83. The quantitative estimate of drug-likeness (QED) is 0.933. The molecule has 0 aliphatic heterocycles. The third-order valence-corrected chi connectivity index (χ3v) is 3.46. The van der Waals surface area contributed by atoms with Crippen molar-refractivity contribution in [2.45, 2.75) is 19.9 Å². The Morgan fingerprint density at radius 1 is 1.14 bits per heavy atom. The molecule has 0 fully saturated rings. The average molecular weight is 305 g/mol. The van der Waals surface area contributed by atoms with Gasteiger partial charge in [-0.25, -0.2) is 8.78 Å². The van der Waals surface area contributed by atoms with E-state index < -0.39 is 23.6 Å². The van der Waals surface area contributed by atoms with Gasteiger partial charge in [0.2, 0.25) is 0 Å². The van der Waals surface area contributed by atoms with Gasteiger partial charge in [-0.05, 0) is 49.2 Å². The van der Waals surface area contributed by atoms with E-state index in [4.69, 9.17) is 4.74 Å². The predicted octanol–water partition coefficient (Wildman–Crippen LogP) is 3.77. The molecule has 116 valence electrons. The van der Waals surface area contributed by atoms with E-state index in [1.54, 1.807) is 32.0 Å². The highest BCUT2D eigenvalue weighted by molar-refractivity contribution is 5.94. The van der Waals surface area contributed by atoms with E-state index in [2.05, 4.69) is 5.32 Å². The largest absolute Gasteiger partial charge is 0.494 e. The number of hydrogen-bond donors (Lipinski definition) is 1. The Hall–Kier alpha value is -2.43. The van der Waals surface area contributed by atoms with E-state index in [0.717, 1.165) is 0 Å². The van der Waals surface area contributed by atoms with Crippen LogP contribution in [0.5, 0.6) is 5.75 Å². The molecule has 0 aliphatic carbocycles. The van der Waals surface area contributed by atoms with Gasteiger partial charge in [0.05, 0.1) is 13.2 Å². The molecule has 3 nitrogen and oxygen atoms in total. The molecule has 2 aromatic rings. The number of aryl methyl sites for hydroxylation is 1. The molecule has 0 aromatic heterocycles. The topological polar surface area (TPSA) is 38.3 Å². The molecule has 0 radical (unpaired) electrons. The summed E-state index contributed by atoms with van der Waals surface area (Å²) in [6.07, 6.45) is 0. The lowest BCUT2D eigenvalue weighted by molar-refractivity contribution is 0.0939. The molecule has 0 heterocycles. The number of carbonyl (C=O) groups excluding carboxylic acids is 1. The molecule has 2 aromatic carbocycles. The van der Waals surface area contributed by atoms with Crippen LogP contribution in [0.3, 0.4) is 0 Å². The molecule has 1 N–H and O–H groups in total. The summed E-state index contributed by atoms with van der Waals surface area (Å²) in [6, 6.07) is 8.33. The van der Waals surface area contributed by atoms with Crippen LogP contribution in [0.25, 0.3) is 0 Å². The fourth-order valence-corrected chi connectivity index (χ4v) is 2.05. The summed E-state index contributed by atoms with van der Waals surface area (Å²) in [4.78, 5) is 12.1. The van der Waals surface area contributed by atoms with Gasteiger partial charge in [0.15, 0.2) is 11.6 Å². The standard InChI is InChI=1S/C17H17F2NO2/c1-10-4-5-13(9-14(10)18)17(21)20-11(2)12-6-7-16(22-3)15(19)8-12/h4-9,11H,1-3H3,(H,20,21). The molecule has 22 heavy (non-hydrogen) atoms. The van der Waals surface area contributed by atoms with Gasteiger partial charge in [-0.15, -0.1) is 0 Å². The number of benzene rings is 2. The fourth-order valence-electron chi connectivity index (χ4n) is 2.05. The van der Waals surface area contributed by atoms with Gasteiger partial charge < -0.3 is 10.1 Å². The predicted molar refractivity (Wildman–Crippen MR) is 80.0 cm³/mol. The van der Waals surface area contributed by atoms with E-state index in [0.29, 0.717) is 11.1 Å². The first-order valence-electron chi connectivity index (χ1n) is 6.83. The molecule has 0 spiro atoms. The number of rotatable bonds is 4. The van der Waals surface area contributed by atoms with Crippen molar-refractivity contribution in [1.82, 2.24) is 5.32 Å². The number of carbonyl (C=O) groups is 1. The van der Waals surface area contributed by atoms with Crippen LogP contribution in [0.1, 0.15) is 34.5 Å². The summed E-state index contributed by atoms with van der Waals surface area (Å²) in [6.45, 7) is 3.35. The molecule has 1 amide bonds. The van der Waals surface area contributed by atoms with Crippen molar-refractivity contribution in [2.24, 2.45) is 0 Å². The highest BCUT2D eigenvalue weighted by Crippen LogP contribution is 2.22. The summed E-state index contributed by atoms with van der Waals surface area (Å²) in [5.41, 5.74) is 1.30. The van der Waals surface area contributed by atoms with Crippen LogP contribution in [0.4, 0.5) is 8.78 Å². The van der Waals surface area contributed by atoms with Crippen LogP contribution in [0, 0.1) is 18.6 Å². The van der Waals surface area contributed by atoms with Crippen molar-refractivity contribution < 1.29 is 18.3 Å². The Morgan fingerprint density at radius 2 is 1.86 bits per heavy atom. The van der Waals surface area contributed by atoms with Crippen LogP contribution in [0.2, 0.25) is 0 Å². The summed E-state index contributed by atoms with van der Waals surface area (Å²) < 4.78 is 32.0. The van der Waals surface area contributed by atoms with Crippen molar-refractivity contribution in [1.29, 1.82) is 0 Å². The second-order valence-electron chi connectivity index (χ2n) is 5.05. The third kappa shape index (κ3) is 3.42. The van der Waals surface area contributed by atoms with E-state index in [-0.39, 0.29) is 11.3 Å². The van der Waals surface area contributed by atoms with Gasteiger partial charge in [0, 0.05) is 5.56 Å². The molecule has 0 aliphatic rings. The number of nitrogens with one attached hydrogen (secondary N) is 1. The summed E-state index contributed by atoms with van der Waals surface area (Å²) in [7, 11) is 1.38. The van der Waals surface area contributed by atoms with Gasteiger partial charge in [0.1, 0.15) is 5.82 Å². The van der Waals surface area contributed by atoms with Crippen LogP contribution in [-0.4, -0.2) is 13.0 Å². The molecule has 1 unspecified atom stereocenters. The highest BCUT2D eigenvalue weighted by Gasteiger charge is 2.14. The Labute approximate surface area is 127 Å². The minimum atomic E-state index is -0.498. The van der Waals surface area contributed by atoms with E-state index in [1.807, 2.05) is 0 Å². The van der Waals surface area contributed by atoms with Crippen molar-refractivity contribution in [3.63, 3.8) is 0 Å². The van der Waals surface area contributed by atoms with Crippen LogP contribution >= 0.6 is 0 Å². The normalized spacial score (nSPS) is 11.9. The Kier molecular flexibility index (Phi) is 4.75. The number of hydrogen-bond acceptors (Lipinski definition) is 2. The fraction of sp³-hybridized carbons (Fsp3) is 0.235. The first-order chi connectivity index (χ1) is 10.4. The molecule has 2 rings (SSSR count). The molecule has 5 heteroatoms. The van der Waals surface area contributed by atoms with Gasteiger partial charge in [-0.1, -0.05) is 12.1 Å². The maximum Gasteiger partial charge on any atom is 0.251 e. The molecular weight excluding hydrogens is 288 g/mol. The van der Waals surface area contributed by atoms with Crippen LogP contribution in [-0.2, 0) is 0 Å². The number of methoxy groups -OCH3 is 1. The zero-order valence-electron chi connectivity index (χ0n) is 12.6. The first kappa shape index (κ1) is 15.9. The summed E-state index contributed by atoms with van der Waals surface area (Å²) in [5.74, 6) is -1.20. The molecule has 0 bridgehead atoms. The molecule has 0 saturated heterocycles. The van der Waals surface area contributed by atoms with Crippen molar-refractivity contribution in [3.05, 3.63) is 64.7 Å². The lowest BCUT2D eigenvalue weighted by Gasteiger charge is -2.15. The maximum atomic E-state index is 13.7. The number of amides is 1. The maximum absolute atomic E-state index is 13.7. The Morgan fingerprint density at radius 3 is 2.45 bits per heavy atom. The van der Waals surface area contributed by atoms with Crippen LogP contribution in [0.15, 0.2) is 36.4 Å². The molecule has 0 saturated carbocycles. The second-order valence-corrected chi connectivity index (χ2v) is 5.05. The van der Waals surface area contributed by atoms with Gasteiger partial charge in [-0.3, -0.25) is 4.79 Å². The van der Waals surface area contributed by atoms with E-state index >= 15 is 0 Å². The lowest BCUT2D eigenvalue weighted by atomic mass is 10.1. The highest BCUT2D eigenvalue weighted by atomic mass is 19.1. The smallest absolute Gasteiger partial charge is 0.251 e. The monoisotopic (exact) mass is 305 g/mol. The Balaban J connectivity index is 2.13. The van der Waals surface area contributed by atoms with E-state index in [9.17, 15) is 13.6 Å². The second kappa shape index (κ2) is 6.56. The zero-order chi connectivity index (χ0) is 16.3. The van der Waals surface area contributed by atoms with Crippen LogP contribution < -0.4 is 10.1 Å². The summed E-state index contributed by atoms with van der Waals surface area (Å²) in [5, 5.41) is 2.71. The minimum Gasteiger partial charge on any atom is -0.494 e. The van der Waals surface area contributed by atoms with E-state index in [1.165, 1.54) is 25.3 Å². The SMILES string of the molecule is COc1ccc(C(C)NC(=O)c2ccc(C)c(F)c2)cc1F. The summed E-state index contributed by atoms with van der Waals surface area (Å²) >= 11 is 0. The number of ether oxygens (including phenoxy) is 1. The minimum absolute atomic E-state index is 0.142. The third-order valence-electron chi connectivity index (χ3n) is 3.46. The molecular formula is C17H17F2NO2. The molecule has 1 atom stereocenters. The van der Waals surface area contributed by atoms with Gasteiger partial charge >= 0.3 is 0 Å². The number of halogens is 2. The zero-order valence-corrected chi connectivity index (χ0v) is 12.6. The van der Waals surface area contributed by atoms with Crippen molar-refractivity contribution in [2.75, 3.05) is 7.11 Å². The van der Waals surface area contributed by atoms with Gasteiger partial charge in [-0.2, -0.15) is 0 Å². The Bertz CT molecular complexity index is 701.